The predicted molar refractivity (Wildman–Crippen MR) is 87.2 cm³/mol. The van der Waals surface area contributed by atoms with Gasteiger partial charge in [0.15, 0.2) is 0 Å². The summed E-state index contributed by atoms with van der Waals surface area (Å²) in [4.78, 5) is 5.12. The molecule has 1 heterocycles. The lowest BCUT2D eigenvalue weighted by molar-refractivity contribution is 0.125. The molecule has 0 unspecified atom stereocenters. The standard InChI is InChI=1S/C17H27ClN2/c1-15(2)6-5-9-19-10-12-20(13-11-19)14-16-7-3-4-8-17(16)18/h3-4,7-8,15H,5-6,9-14H2,1-2H3. The van der Waals surface area contributed by atoms with Crippen LogP contribution in [0, 0.1) is 5.92 Å². The van der Waals surface area contributed by atoms with Gasteiger partial charge in [-0.15, -0.1) is 0 Å². The molecule has 20 heavy (non-hydrogen) atoms. The lowest BCUT2D eigenvalue weighted by Crippen LogP contribution is -2.46. The predicted octanol–water partition coefficient (Wildman–Crippen LogP) is 3.89. The molecule has 1 aromatic carbocycles. The van der Waals surface area contributed by atoms with Crippen LogP contribution in [-0.2, 0) is 6.54 Å². The molecule has 1 aromatic rings. The number of halogens is 1. The van der Waals surface area contributed by atoms with Crippen molar-refractivity contribution in [3.05, 3.63) is 34.9 Å². The summed E-state index contributed by atoms with van der Waals surface area (Å²) in [5, 5.41) is 0.895. The lowest BCUT2D eigenvalue weighted by Gasteiger charge is -2.35. The van der Waals surface area contributed by atoms with E-state index in [1.807, 2.05) is 12.1 Å². The van der Waals surface area contributed by atoms with Crippen LogP contribution in [0.3, 0.4) is 0 Å². The van der Waals surface area contributed by atoms with Gasteiger partial charge in [0.05, 0.1) is 0 Å². The van der Waals surface area contributed by atoms with E-state index < -0.39 is 0 Å². The third-order valence-corrected chi connectivity index (χ3v) is 4.44. The van der Waals surface area contributed by atoms with Crippen LogP contribution in [0.1, 0.15) is 32.3 Å². The van der Waals surface area contributed by atoms with E-state index in [-0.39, 0.29) is 0 Å². The van der Waals surface area contributed by atoms with E-state index in [2.05, 4.69) is 35.8 Å². The molecule has 0 N–H and O–H groups in total. The number of piperazine rings is 1. The second-order valence-electron chi connectivity index (χ2n) is 6.25. The summed E-state index contributed by atoms with van der Waals surface area (Å²) in [6.45, 7) is 11.6. The minimum absolute atomic E-state index is 0.830. The van der Waals surface area contributed by atoms with Crippen molar-refractivity contribution in [3.8, 4) is 0 Å². The van der Waals surface area contributed by atoms with E-state index in [9.17, 15) is 0 Å². The third-order valence-electron chi connectivity index (χ3n) is 4.07. The molecule has 1 fully saturated rings. The highest BCUT2D eigenvalue weighted by molar-refractivity contribution is 6.31. The molecule has 0 radical (unpaired) electrons. The van der Waals surface area contributed by atoms with Gasteiger partial charge in [-0.1, -0.05) is 43.6 Å². The van der Waals surface area contributed by atoms with Gasteiger partial charge in [-0.05, 0) is 36.9 Å². The number of nitrogens with zero attached hydrogens (tertiary/aromatic N) is 2. The van der Waals surface area contributed by atoms with Crippen molar-refractivity contribution < 1.29 is 0 Å². The second-order valence-corrected chi connectivity index (χ2v) is 6.65. The highest BCUT2D eigenvalue weighted by Crippen LogP contribution is 2.18. The molecule has 0 amide bonds. The maximum atomic E-state index is 6.23. The first-order valence-electron chi connectivity index (χ1n) is 7.83. The van der Waals surface area contributed by atoms with E-state index in [1.165, 1.54) is 38.0 Å². The Hall–Kier alpha value is -0.570. The van der Waals surface area contributed by atoms with Crippen LogP contribution in [0.4, 0.5) is 0 Å². The first-order valence-corrected chi connectivity index (χ1v) is 8.21. The van der Waals surface area contributed by atoms with Gasteiger partial charge < -0.3 is 4.90 Å². The number of hydrogen-bond acceptors (Lipinski definition) is 2. The summed E-state index contributed by atoms with van der Waals surface area (Å²) in [6.07, 6.45) is 2.68. The Morgan fingerprint density at radius 2 is 1.70 bits per heavy atom. The fraction of sp³-hybridized carbons (Fsp3) is 0.647. The Kier molecular flexibility index (Phi) is 6.34. The summed E-state index contributed by atoms with van der Waals surface area (Å²) in [6, 6.07) is 8.19. The molecule has 0 aromatic heterocycles. The lowest BCUT2D eigenvalue weighted by atomic mass is 10.1. The fourth-order valence-electron chi connectivity index (χ4n) is 2.76. The number of hydrogen-bond donors (Lipinski definition) is 0. The Balaban J connectivity index is 1.70. The van der Waals surface area contributed by atoms with Gasteiger partial charge in [-0.3, -0.25) is 4.90 Å². The topological polar surface area (TPSA) is 6.48 Å². The molecule has 0 atom stereocenters. The van der Waals surface area contributed by atoms with Gasteiger partial charge in [0.1, 0.15) is 0 Å². The Morgan fingerprint density at radius 1 is 1.05 bits per heavy atom. The second kappa shape index (κ2) is 8.02. The van der Waals surface area contributed by atoms with E-state index in [1.54, 1.807) is 0 Å². The van der Waals surface area contributed by atoms with Crippen molar-refractivity contribution in [2.75, 3.05) is 32.7 Å². The molecular weight excluding hydrogens is 268 g/mol. The van der Waals surface area contributed by atoms with Crippen LogP contribution >= 0.6 is 11.6 Å². The Morgan fingerprint density at radius 3 is 2.35 bits per heavy atom. The van der Waals surface area contributed by atoms with Crippen LogP contribution in [0.5, 0.6) is 0 Å². The zero-order valence-corrected chi connectivity index (χ0v) is 13.6. The molecule has 3 heteroatoms. The summed E-state index contributed by atoms with van der Waals surface area (Å²) in [5.74, 6) is 0.830. The van der Waals surface area contributed by atoms with Crippen LogP contribution in [0.25, 0.3) is 0 Å². The molecule has 112 valence electrons. The zero-order chi connectivity index (χ0) is 14.4. The van der Waals surface area contributed by atoms with E-state index >= 15 is 0 Å². The maximum absolute atomic E-state index is 6.23. The summed E-state index contributed by atoms with van der Waals surface area (Å²) in [7, 11) is 0. The molecule has 2 rings (SSSR count). The average Bonchev–Trinajstić information content (AvgIpc) is 2.43. The summed E-state index contributed by atoms with van der Waals surface area (Å²) < 4.78 is 0. The molecule has 1 aliphatic rings. The van der Waals surface area contributed by atoms with Gasteiger partial charge >= 0.3 is 0 Å². The average molecular weight is 295 g/mol. The smallest absolute Gasteiger partial charge is 0.0451 e. The van der Waals surface area contributed by atoms with Crippen molar-refractivity contribution in [3.63, 3.8) is 0 Å². The molecule has 0 saturated carbocycles. The molecule has 0 spiro atoms. The molecular formula is C17H27ClN2. The van der Waals surface area contributed by atoms with Crippen LogP contribution in [-0.4, -0.2) is 42.5 Å². The van der Waals surface area contributed by atoms with Gasteiger partial charge in [0.25, 0.3) is 0 Å². The first-order chi connectivity index (χ1) is 9.65. The molecule has 0 aliphatic carbocycles. The van der Waals surface area contributed by atoms with Crippen molar-refractivity contribution in [1.29, 1.82) is 0 Å². The van der Waals surface area contributed by atoms with Crippen LogP contribution in [0.2, 0.25) is 5.02 Å². The highest BCUT2D eigenvalue weighted by Gasteiger charge is 2.17. The van der Waals surface area contributed by atoms with Crippen molar-refractivity contribution in [2.45, 2.75) is 33.2 Å². The number of rotatable bonds is 6. The Labute approximate surface area is 128 Å². The molecule has 2 nitrogen and oxygen atoms in total. The van der Waals surface area contributed by atoms with Crippen LogP contribution < -0.4 is 0 Å². The largest absolute Gasteiger partial charge is 0.301 e. The summed E-state index contributed by atoms with van der Waals surface area (Å²) in [5.41, 5.74) is 1.25. The van der Waals surface area contributed by atoms with Crippen molar-refractivity contribution >= 4 is 11.6 Å². The SMILES string of the molecule is CC(C)CCCN1CCN(Cc2ccccc2Cl)CC1. The van der Waals surface area contributed by atoms with Crippen molar-refractivity contribution in [2.24, 2.45) is 5.92 Å². The fourth-order valence-corrected chi connectivity index (χ4v) is 2.96. The van der Waals surface area contributed by atoms with Gasteiger partial charge in [0.2, 0.25) is 0 Å². The van der Waals surface area contributed by atoms with E-state index in [0.29, 0.717) is 0 Å². The summed E-state index contributed by atoms with van der Waals surface area (Å²) >= 11 is 6.23. The highest BCUT2D eigenvalue weighted by atomic mass is 35.5. The maximum Gasteiger partial charge on any atom is 0.0451 e. The zero-order valence-electron chi connectivity index (χ0n) is 12.8. The molecule has 1 saturated heterocycles. The first kappa shape index (κ1) is 15.8. The van der Waals surface area contributed by atoms with Gasteiger partial charge in [-0.25, -0.2) is 0 Å². The third kappa shape index (κ3) is 5.08. The number of benzene rings is 1. The van der Waals surface area contributed by atoms with Gasteiger partial charge in [-0.2, -0.15) is 0 Å². The minimum atomic E-state index is 0.830. The minimum Gasteiger partial charge on any atom is -0.301 e. The quantitative estimate of drug-likeness (QED) is 0.785. The van der Waals surface area contributed by atoms with E-state index in [4.69, 9.17) is 11.6 Å². The van der Waals surface area contributed by atoms with Gasteiger partial charge in [0, 0.05) is 37.7 Å². The van der Waals surface area contributed by atoms with Crippen molar-refractivity contribution in [1.82, 2.24) is 9.80 Å². The normalized spacial score (nSPS) is 17.8. The molecule has 0 bridgehead atoms. The Bertz CT molecular complexity index is 398. The van der Waals surface area contributed by atoms with E-state index in [0.717, 1.165) is 30.6 Å². The molecule has 1 aliphatic heterocycles. The monoisotopic (exact) mass is 294 g/mol. The van der Waals surface area contributed by atoms with Crippen LogP contribution in [0.15, 0.2) is 24.3 Å².